The van der Waals surface area contributed by atoms with Crippen LogP contribution >= 0.6 is 11.6 Å². The van der Waals surface area contributed by atoms with Crippen LogP contribution in [0.5, 0.6) is 5.75 Å². The lowest BCUT2D eigenvalue weighted by molar-refractivity contribution is -0.123. The predicted molar refractivity (Wildman–Crippen MR) is 91.0 cm³/mol. The van der Waals surface area contributed by atoms with Gasteiger partial charge in [0, 0.05) is 10.6 Å². The average Bonchev–Trinajstić information content (AvgIpc) is 2.59. The number of nitrogens with zero attached hydrogens (tertiary/aromatic N) is 1. The summed E-state index contributed by atoms with van der Waals surface area (Å²) in [5, 5.41) is 4.90. The summed E-state index contributed by atoms with van der Waals surface area (Å²) in [6.45, 7) is -0.0833. The van der Waals surface area contributed by atoms with Gasteiger partial charge in [0.15, 0.2) is 6.61 Å². The molecule has 0 heterocycles. The SMILES string of the molecule is O=C(COc1ccc(Cl)cc1)NN=C1CCCc2ccccc21. The number of ether oxygens (including phenoxy) is 1. The lowest BCUT2D eigenvalue weighted by Crippen LogP contribution is -2.26. The van der Waals surface area contributed by atoms with Gasteiger partial charge in [0.25, 0.3) is 5.91 Å². The summed E-state index contributed by atoms with van der Waals surface area (Å²) in [7, 11) is 0. The summed E-state index contributed by atoms with van der Waals surface area (Å²) < 4.78 is 5.39. The maximum atomic E-state index is 11.9. The van der Waals surface area contributed by atoms with Crippen LogP contribution in [0.25, 0.3) is 0 Å². The van der Waals surface area contributed by atoms with E-state index in [0.717, 1.165) is 30.5 Å². The molecule has 3 rings (SSSR count). The molecule has 2 aromatic rings. The number of hydrazone groups is 1. The molecule has 1 aliphatic rings. The molecule has 0 atom stereocenters. The van der Waals surface area contributed by atoms with Crippen LogP contribution in [0.1, 0.15) is 24.0 Å². The largest absolute Gasteiger partial charge is 0.484 e. The van der Waals surface area contributed by atoms with Crippen molar-refractivity contribution in [1.29, 1.82) is 0 Å². The molecule has 4 nitrogen and oxygen atoms in total. The third kappa shape index (κ3) is 4.11. The molecule has 0 unspecified atom stereocenters. The first-order valence-electron chi connectivity index (χ1n) is 7.54. The number of halogens is 1. The minimum atomic E-state index is -0.282. The van der Waals surface area contributed by atoms with Gasteiger partial charge in [-0.3, -0.25) is 4.79 Å². The molecule has 1 aliphatic carbocycles. The zero-order valence-corrected chi connectivity index (χ0v) is 13.3. The Kier molecular flexibility index (Phi) is 4.93. The zero-order chi connectivity index (χ0) is 16.1. The molecule has 0 aliphatic heterocycles. The first-order chi connectivity index (χ1) is 11.2. The highest BCUT2D eigenvalue weighted by atomic mass is 35.5. The molecule has 0 saturated carbocycles. The third-order valence-corrected chi connectivity index (χ3v) is 3.94. The monoisotopic (exact) mass is 328 g/mol. The van der Waals surface area contributed by atoms with Crippen LogP contribution in [0.15, 0.2) is 53.6 Å². The van der Waals surface area contributed by atoms with E-state index in [9.17, 15) is 4.79 Å². The normalized spacial score (nSPS) is 15.1. The summed E-state index contributed by atoms with van der Waals surface area (Å²) in [6, 6.07) is 15.0. The van der Waals surface area contributed by atoms with Gasteiger partial charge in [-0.25, -0.2) is 5.43 Å². The summed E-state index contributed by atoms with van der Waals surface area (Å²) in [5.74, 6) is 0.315. The van der Waals surface area contributed by atoms with Crippen molar-refractivity contribution in [3.63, 3.8) is 0 Å². The molecule has 1 N–H and O–H groups in total. The maximum absolute atomic E-state index is 11.9. The van der Waals surface area contributed by atoms with Crippen molar-refractivity contribution in [2.75, 3.05) is 6.61 Å². The number of hydrogen-bond donors (Lipinski definition) is 1. The van der Waals surface area contributed by atoms with Crippen LogP contribution in [0.3, 0.4) is 0 Å². The number of fused-ring (bicyclic) bond motifs is 1. The van der Waals surface area contributed by atoms with Gasteiger partial charge in [0.05, 0.1) is 5.71 Å². The molecule has 0 spiro atoms. The number of benzene rings is 2. The van der Waals surface area contributed by atoms with Gasteiger partial charge < -0.3 is 4.74 Å². The Bertz CT molecular complexity index is 726. The van der Waals surface area contributed by atoms with Gasteiger partial charge >= 0.3 is 0 Å². The molecular weight excluding hydrogens is 312 g/mol. The third-order valence-electron chi connectivity index (χ3n) is 3.69. The Morgan fingerprint density at radius 1 is 1.13 bits per heavy atom. The lowest BCUT2D eigenvalue weighted by atomic mass is 9.90. The van der Waals surface area contributed by atoms with E-state index >= 15 is 0 Å². The fourth-order valence-corrected chi connectivity index (χ4v) is 2.68. The van der Waals surface area contributed by atoms with E-state index < -0.39 is 0 Å². The highest BCUT2D eigenvalue weighted by molar-refractivity contribution is 6.30. The van der Waals surface area contributed by atoms with Crippen molar-refractivity contribution in [1.82, 2.24) is 5.43 Å². The molecule has 0 aromatic heterocycles. The Balaban J connectivity index is 1.57. The van der Waals surface area contributed by atoms with E-state index in [-0.39, 0.29) is 12.5 Å². The van der Waals surface area contributed by atoms with Gasteiger partial charge in [0.2, 0.25) is 0 Å². The Labute approximate surface area is 140 Å². The molecule has 5 heteroatoms. The second-order valence-corrected chi connectivity index (χ2v) is 5.78. The van der Waals surface area contributed by atoms with E-state index in [1.165, 1.54) is 5.56 Å². The van der Waals surface area contributed by atoms with Gasteiger partial charge in [0.1, 0.15) is 5.75 Å². The second-order valence-electron chi connectivity index (χ2n) is 5.35. The predicted octanol–water partition coefficient (Wildman–Crippen LogP) is 3.58. The van der Waals surface area contributed by atoms with Gasteiger partial charge in [-0.15, -0.1) is 0 Å². The second kappa shape index (κ2) is 7.29. The maximum Gasteiger partial charge on any atom is 0.277 e. The van der Waals surface area contributed by atoms with Gasteiger partial charge in [-0.2, -0.15) is 5.10 Å². The van der Waals surface area contributed by atoms with Crippen molar-refractivity contribution in [3.8, 4) is 5.75 Å². The molecule has 23 heavy (non-hydrogen) atoms. The summed E-state index contributed by atoms with van der Waals surface area (Å²) in [5.41, 5.74) is 5.90. The first kappa shape index (κ1) is 15.6. The number of hydrogen-bond acceptors (Lipinski definition) is 3. The first-order valence-corrected chi connectivity index (χ1v) is 7.92. The molecule has 118 valence electrons. The molecule has 0 bridgehead atoms. The van der Waals surface area contributed by atoms with Crippen molar-refractivity contribution < 1.29 is 9.53 Å². The van der Waals surface area contributed by atoms with Crippen LogP contribution in [0.2, 0.25) is 5.02 Å². The zero-order valence-electron chi connectivity index (χ0n) is 12.6. The van der Waals surface area contributed by atoms with Crippen LogP contribution in [-0.4, -0.2) is 18.2 Å². The summed E-state index contributed by atoms with van der Waals surface area (Å²) in [6.07, 6.45) is 2.98. The fraction of sp³-hybridized carbons (Fsp3) is 0.222. The van der Waals surface area contributed by atoms with E-state index in [2.05, 4.69) is 16.6 Å². The Morgan fingerprint density at radius 2 is 1.91 bits per heavy atom. The van der Waals surface area contributed by atoms with E-state index in [4.69, 9.17) is 16.3 Å². The highest BCUT2D eigenvalue weighted by Crippen LogP contribution is 2.21. The van der Waals surface area contributed by atoms with Crippen LogP contribution in [-0.2, 0) is 11.2 Å². The molecule has 2 aromatic carbocycles. The Morgan fingerprint density at radius 3 is 2.74 bits per heavy atom. The van der Waals surface area contributed by atoms with Crippen molar-refractivity contribution >= 4 is 23.2 Å². The number of aryl methyl sites for hydroxylation is 1. The van der Waals surface area contributed by atoms with Crippen LogP contribution < -0.4 is 10.2 Å². The standard InChI is InChI=1S/C18H17ClN2O2/c19-14-8-10-15(11-9-14)23-12-18(22)21-20-17-7-3-5-13-4-1-2-6-16(13)17/h1-2,4,6,8-11H,3,5,7,12H2,(H,21,22). The van der Waals surface area contributed by atoms with Gasteiger partial charge in [-0.05, 0) is 49.1 Å². The number of carbonyl (C=O) groups excluding carboxylic acids is 1. The smallest absolute Gasteiger partial charge is 0.277 e. The van der Waals surface area contributed by atoms with E-state index in [1.54, 1.807) is 24.3 Å². The molecule has 0 fully saturated rings. The quantitative estimate of drug-likeness (QED) is 0.872. The van der Waals surface area contributed by atoms with E-state index in [1.807, 2.05) is 18.2 Å². The molecule has 1 amide bonds. The molecule has 0 saturated heterocycles. The fourth-order valence-electron chi connectivity index (χ4n) is 2.56. The molecule has 0 radical (unpaired) electrons. The van der Waals surface area contributed by atoms with Crippen molar-refractivity contribution in [2.24, 2.45) is 5.10 Å². The topological polar surface area (TPSA) is 50.7 Å². The lowest BCUT2D eigenvalue weighted by Gasteiger charge is -2.17. The number of nitrogens with one attached hydrogen (secondary N) is 1. The van der Waals surface area contributed by atoms with E-state index in [0.29, 0.717) is 10.8 Å². The highest BCUT2D eigenvalue weighted by Gasteiger charge is 2.15. The van der Waals surface area contributed by atoms with Crippen LogP contribution in [0.4, 0.5) is 0 Å². The minimum Gasteiger partial charge on any atom is -0.484 e. The average molecular weight is 329 g/mol. The van der Waals surface area contributed by atoms with Gasteiger partial charge in [-0.1, -0.05) is 35.9 Å². The number of amides is 1. The number of rotatable bonds is 4. The van der Waals surface area contributed by atoms with Crippen molar-refractivity contribution in [3.05, 3.63) is 64.7 Å². The number of carbonyl (C=O) groups is 1. The Hall–Kier alpha value is -2.33. The summed E-state index contributed by atoms with van der Waals surface area (Å²) in [4.78, 5) is 11.9. The van der Waals surface area contributed by atoms with Crippen LogP contribution in [0, 0.1) is 0 Å². The summed E-state index contributed by atoms with van der Waals surface area (Å²) >= 11 is 5.80. The molecular formula is C18H17ClN2O2. The minimum absolute atomic E-state index is 0.0833. The van der Waals surface area contributed by atoms with Crippen molar-refractivity contribution in [2.45, 2.75) is 19.3 Å².